The number of phenols is 1. The molecule has 2 aliphatic rings. The Hall–Kier alpha value is -0.661. The number of carboxylic acid groups (broad SMARTS) is 1. The number of likely N-dealkylation sites (N-methyl/N-ethyl adjacent to an activating group) is 1. The number of nitrogens with zero attached hydrogens (tertiary/aromatic N) is 2. The van der Waals surface area contributed by atoms with Crippen molar-refractivity contribution in [1.29, 1.82) is 0 Å². The largest absolute Gasteiger partial charge is 0.507 e. The van der Waals surface area contributed by atoms with Gasteiger partial charge in [-0.15, -0.1) is 23.5 Å². The number of hydrogen-bond acceptors (Lipinski definition) is 6. The van der Waals surface area contributed by atoms with Crippen LogP contribution in [0.25, 0.3) is 0 Å². The Labute approximate surface area is 148 Å². The maximum atomic E-state index is 11.2. The van der Waals surface area contributed by atoms with Crippen LogP contribution in [0, 0.1) is 0 Å². The van der Waals surface area contributed by atoms with E-state index in [4.69, 9.17) is 4.99 Å². The number of carboxylic acids is 1. The van der Waals surface area contributed by atoms with E-state index < -0.39 is 12.0 Å². The fourth-order valence-corrected chi connectivity index (χ4v) is 5.33. The third-order valence-electron chi connectivity index (χ3n) is 3.74. The van der Waals surface area contributed by atoms with Gasteiger partial charge in [0.15, 0.2) is 0 Å². The van der Waals surface area contributed by atoms with Crippen molar-refractivity contribution in [2.75, 3.05) is 18.6 Å². The molecule has 120 valence electrons. The zero-order valence-corrected chi connectivity index (χ0v) is 14.6. The third kappa shape index (κ3) is 3.31. The zero-order valence-electron chi connectivity index (χ0n) is 11.8. The molecule has 3 rings (SSSR count). The average Bonchev–Trinajstić information content (AvgIpc) is 3.05. The first-order valence-electron chi connectivity index (χ1n) is 6.63. The molecule has 0 unspecified atom stereocenters. The molecule has 0 spiro atoms. The number of aliphatic carboxylic acids is 1. The third-order valence-corrected chi connectivity index (χ3v) is 6.34. The maximum Gasteiger partial charge on any atom is 0.321 e. The van der Waals surface area contributed by atoms with Gasteiger partial charge in [0.1, 0.15) is 16.8 Å². The predicted octanol–water partition coefficient (Wildman–Crippen LogP) is 1.71. The fraction of sp³-hybridized carbons (Fsp3) is 0.429. The van der Waals surface area contributed by atoms with E-state index in [9.17, 15) is 15.0 Å². The summed E-state index contributed by atoms with van der Waals surface area (Å²) in [7, 11) is 1.85. The number of thioether (sulfide) groups is 2. The van der Waals surface area contributed by atoms with Crippen LogP contribution in [0.4, 0.5) is 0 Å². The molecular formula is C14H16FeN2O3S2. The predicted molar refractivity (Wildman–Crippen MR) is 86.3 cm³/mol. The molecule has 0 radical (unpaired) electrons. The van der Waals surface area contributed by atoms with Crippen LogP contribution in [0.2, 0.25) is 0 Å². The van der Waals surface area contributed by atoms with Crippen molar-refractivity contribution in [3.8, 4) is 5.75 Å². The normalized spacial score (nSPS) is 28.2. The molecule has 1 fully saturated rings. The topological polar surface area (TPSA) is 73.1 Å². The summed E-state index contributed by atoms with van der Waals surface area (Å²) in [5.74, 6) is 0.875. The summed E-state index contributed by atoms with van der Waals surface area (Å²) >= 11 is 3.27. The minimum Gasteiger partial charge on any atom is -0.507 e. The van der Waals surface area contributed by atoms with Gasteiger partial charge < -0.3 is 10.2 Å². The molecule has 1 aromatic carbocycles. The van der Waals surface area contributed by atoms with Gasteiger partial charge >= 0.3 is 5.97 Å². The van der Waals surface area contributed by atoms with Crippen LogP contribution in [0.3, 0.4) is 0 Å². The average molecular weight is 380 g/mol. The summed E-state index contributed by atoms with van der Waals surface area (Å²) in [5.41, 5.74) is 0.755. The van der Waals surface area contributed by atoms with Crippen molar-refractivity contribution in [3.05, 3.63) is 29.8 Å². The van der Waals surface area contributed by atoms with Gasteiger partial charge in [-0.25, -0.2) is 0 Å². The summed E-state index contributed by atoms with van der Waals surface area (Å²) in [5, 5.41) is 20.0. The maximum absolute atomic E-state index is 11.2. The Morgan fingerprint density at radius 3 is 2.73 bits per heavy atom. The van der Waals surface area contributed by atoms with Crippen molar-refractivity contribution >= 4 is 34.5 Å². The first-order chi connectivity index (χ1) is 10.1. The van der Waals surface area contributed by atoms with Crippen molar-refractivity contribution < 1.29 is 32.1 Å². The van der Waals surface area contributed by atoms with Gasteiger partial charge in [-0.05, 0) is 19.2 Å². The number of para-hydroxylation sites is 1. The van der Waals surface area contributed by atoms with E-state index in [-0.39, 0.29) is 34.2 Å². The molecule has 5 nitrogen and oxygen atoms in total. The van der Waals surface area contributed by atoms with E-state index in [1.807, 2.05) is 24.1 Å². The number of hydrogen-bond donors (Lipinski definition) is 2. The Bertz CT molecular complexity index is 599. The van der Waals surface area contributed by atoms with E-state index in [0.717, 1.165) is 16.4 Å². The Morgan fingerprint density at radius 2 is 2.09 bits per heavy atom. The molecule has 0 aromatic heterocycles. The molecule has 0 bridgehead atoms. The summed E-state index contributed by atoms with van der Waals surface area (Å²) in [6, 6.07) is 6.80. The number of phenolic OH excluding ortho intramolecular Hbond substituents is 1. The van der Waals surface area contributed by atoms with Gasteiger partial charge in [-0.2, -0.15) is 0 Å². The van der Waals surface area contributed by atoms with Crippen molar-refractivity contribution in [2.24, 2.45) is 4.99 Å². The minimum atomic E-state index is -0.775. The van der Waals surface area contributed by atoms with E-state index in [0.29, 0.717) is 5.75 Å². The number of aromatic hydroxyl groups is 1. The number of carbonyl (C=O) groups is 1. The second kappa shape index (κ2) is 7.27. The molecule has 3 atom stereocenters. The zero-order chi connectivity index (χ0) is 15.0. The summed E-state index contributed by atoms with van der Waals surface area (Å²) in [6.45, 7) is 0. The van der Waals surface area contributed by atoms with Gasteiger partial charge in [0.25, 0.3) is 0 Å². The SMILES string of the molecule is CN1[C@@H]([C@H]2CSC(c3ccccc3O)=N2)SC[C@H]1C(=O)O.[Fe]. The number of aliphatic imine (C=N–C) groups is 1. The first-order valence-corrected chi connectivity index (χ1v) is 8.66. The van der Waals surface area contributed by atoms with Gasteiger partial charge in [0.2, 0.25) is 0 Å². The van der Waals surface area contributed by atoms with Gasteiger partial charge in [0.05, 0.1) is 11.4 Å². The molecule has 0 aliphatic carbocycles. The Kier molecular flexibility index (Phi) is 5.85. The molecule has 2 aliphatic heterocycles. The number of benzene rings is 1. The first kappa shape index (κ1) is 17.7. The monoisotopic (exact) mass is 380 g/mol. The Morgan fingerprint density at radius 1 is 1.36 bits per heavy atom. The molecule has 1 saturated heterocycles. The molecule has 1 aromatic rings. The molecule has 8 heteroatoms. The molecule has 2 heterocycles. The summed E-state index contributed by atoms with van der Waals surface area (Å²) in [6.07, 6.45) is 0. The van der Waals surface area contributed by atoms with Crippen LogP contribution in [0.5, 0.6) is 5.75 Å². The molecule has 22 heavy (non-hydrogen) atoms. The summed E-state index contributed by atoms with van der Waals surface area (Å²) in [4.78, 5) is 17.8. The minimum absolute atomic E-state index is 0. The quantitative estimate of drug-likeness (QED) is 0.778. The van der Waals surface area contributed by atoms with Crippen molar-refractivity contribution in [3.63, 3.8) is 0 Å². The molecule has 2 N–H and O–H groups in total. The van der Waals surface area contributed by atoms with Gasteiger partial charge in [-0.1, -0.05) is 12.1 Å². The van der Waals surface area contributed by atoms with Crippen LogP contribution >= 0.6 is 23.5 Å². The molecule has 0 amide bonds. The Balaban J connectivity index is 0.00000176. The van der Waals surface area contributed by atoms with E-state index in [1.54, 1.807) is 35.7 Å². The van der Waals surface area contributed by atoms with Crippen LogP contribution in [-0.2, 0) is 21.9 Å². The van der Waals surface area contributed by atoms with Gasteiger partial charge in [0, 0.05) is 34.1 Å². The van der Waals surface area contributed by atoms with E-state index >= 15 is 0 Å². The second-order valence-corrected chi connectivity index (χ2v) is 7.23. The van der Waals surface area contributed by atoms with Crippen LogP contribution in [-0.4, -0.2) is 62.1 Å². The van der Waals surface area contributed by atoms with Crippen LogP contribution < -0.4 is 0 Å². The van der Waals surface area contributed by atoms with Crippen molar-refractivity contribution in [1.82, 2.24) is 4.90 Å². The van der Waals surface area contributed by atoms with E-state index in [1.165, 1.54) is 0 Å². The van der Waals surface area contributed by atoms with E-state index in [2.05, 4.69) is 0 Å². The van der Waals surface area contributed by atoms with Crippen molar-refractivity contribution in [2.45, 2.75) is 17.5 Å². The second-order valence-electron chi connectivity index (χ2n) is 5.07. The smallest absolute Gasteiger partial charge is 0.321 e. The van der Waals surface area contributed by atoms with Crippen LogP contribution in [0.1, 0.15) is 5.56 Å². The summed E-state index contributed by atoms with van der Waals surface area (Å²) < 4.78 is 0. The molecule has 0 saturated carbocycles. The van der Waals surface area contributed by atoms with Gasteiger partial charge in [-0.3, -0.25) is 14.7 Å². The standard InChI is InChI=1S/C14H16N2O3S2.Fe/c1-16-10(14(18)19)7-21-13(16)9-6-20-12(15-9)8-4-2-3-5-11(8)17;/h2-5,9-10,13,17H,6-7H2,1H3,(H,18,19);/t9-,10+,13-;/m1./s1. The van der Waals surface area contributed by atoms with Crippen LogP contribution in [0.15, 0.2) is 29.3 Å². The molecular weight excluding hydrogens is 364 g/mol. The number of rotatable bonds is 3. The fourth-order valence-electron chi connectivity index (χ4n) is 2.57.